The van der Waals surface area contributed by atoms with Gasteiger partial charge in [-0.2, -0.15) is 0 Å². The summed E-state index contributed by atoms with van der Waals surface area (Å²) in [6.45, 7) is 5.45. The van der Waals surface area contributed by atoms with Gasteiger partial charge in [0.25, 0.3) is 5.91 Å². The standard InChI is InChI=1S/C17H24ClN3O4/c1-10(2)11(3)20-15(22)9-25-16(23)8-14(21-17(19)24)12-4-6-13(18)7-5-12/h4-7,10-11,14H,8-9H2,1-3H3,(H,20,22)(H3,19,21,24)/t11-,14-/m0/s1. The van der Waals surface area contributed by atoms with Gasteiger partial charge in [-0.25, -0.2) is 4.79 Å². The second-order valence-electron chi connectivity index (χ2n) is 6.08. The van der Waals surface area contributed by atoms with Crippen molar-refractivity contribution in [3.05, 3.63) is 34.9 Å². The van der Waals surface area contributed by atoms with E-state index >= 15 is 0 Å². The van der Waals surface area contributed by atoms with Gasteiger partial charge >= 0.3 is 12.0 Å². The minimum absolute atomic E-state index is 0.0236. The molecule has 0 aliphatic carbocycles. The zero-order chi connectivity index (χ0) is 19.0. The first-order valence-electron chi connectivity index (χ1n) is 7.95. The molecule has 1 aromatic carbocycles. The van der Waals surface area contributed by atoms with Gasteiger partial charge in [-0.1, -0.05) is 37.6 Å². The molecule has 0 spiro atoms. The van der Waals surface area contributed by atoms with E-state index in [0.29, 0.717) is 10.6 Å². The van der Waals surface area contributed by atoms with Crippen LogP contribution in [0.5, 0.6) is 0 Å². The van der Waals surface area contributed by atoms with Crippen LogP contribution in [0, 0.1) is 5.92 Å². The third-order valence-corrected chi connectivity index (χ3v) is 3.96. The number of urea groups is 1. The summed E-state index contributed by atoms with van der Waals surface area (Å²) in [5, 5.41) is 5.74. The zero-order valence-electron chi connectivity index (χ0n) is 14.5. The highest BCUT2D eigenvalue weighted by Crippen LogP contribution is 2.20. The smallest absolute Gasteiger partial charge is 0.312 e. The first-order valence-corrected chi connectivity index (χ1v) is 8.33. The highest BCUT2D eigenvalue weighted by atomic mass is 35.5. The van der Waals surface area contributed by atoms with E-state index in [-0.39, 0.29) is 30.9 Å². The number of ether oxygens (including phenoxy) is 1. The third kappa shape index (κ3) is 7.89. The Morgan fingerprint density at radius 2 is 1.72 bits per heavy atom. The first kappa shape index (κ1) is 20.8. The van der Waals surface area contributed by atoms with E-state index in [9.17, 15) is 14.4 Å². The Morgan fingerprint density at radius 1 is 1.12 bits per heavy atom. The molecule has 0 saturated carbocycles. The molecule has 25 heavy (non-hydrogen) atoms. The quantitative estimate of drug-likeness (QED) is 0.609. The van der Waals surface area contributed by atoms with Crippen LogP contribution in [0.2, 0.25) is 5.02 Å². The SMILES string of the molecule is CC(C)[C@H](C)NC(=O)COC(=O)C[C@H](NC(N)=O)c1ccc(Cl)cc1. The van der Waals surface area contributed by atoms with Crippen molar-refractivity contribution >= 4 is 29.5 Å². The first-order chi connectivity index (χ1) is 11.7. The Balaban J connectivity index is 2.59. The number of primary amides is 1. The van der Waals surface area contributed by atoms with E-state index in [1.54, 1.807) is 24.3 Å². The third-order valence-electron chi connectivity index (χ3n) is 3.71. The predicted octanol–water partition coefficient (Wildman–Crippen LogP) is 2.14. The molecular formula is C17H24ClN3O4. The molecule has 8 heteroatoms. The van der Waals surface area contributed by atoms with Crippen molar-refractivity contribution in [3.63, 3.8) is 0 Å². The number of nitrogens with two attached hydrogens (primary N) is 1. The number of amides is 3. The molecule has 1 rings (SSSR count). The summed E-state index contributed by atoms with van der Waals surface area (Å²) in [4.78, 5) is 34.9. The number of halogens is 1. The van der Waals surface area contributed by atoms with Gasteiger partial charge in [0.15, 0.2) is 6.61 Å². The lowest BCUT2D eigenvalue weighted by Gasteiger charge is -2.19. The summed E-state index contributed by atoms with van der Waals surface area (Å²) in [6.07, 6.45) is -0.155. The molecule has 3 amide bonds. The second-order valence-corrected chi connectivity index (χ2v) is 6.51. The Labute approximate surface area is 152 Å². The van der Waals surface area contributed by atoms with Gasteiger partial charge in [0.1, 0.15) is 0 Å². The number of carbonyl (C=O) groups is 3. The predicted molar refractivity (Wildman–Crippen MR) is 94.9 cm³/mol. The van der Waals surface area contributed by atoms with E-state index in [0.717, 1.165) is 0 Å². The Kier molecular flexibility index (Phi) is 8.21. The number of esters is 1. The van der Waals surface area contributed by atoms with E-state index in [1.165, 1.54) is 0 Å². The molecule has 7 nitrogen and oxygen atoms in total. The van der Waals surface area contributed by atoms with Crippen molar-refractivity contribution in [2.75, 3.05) is 6.61 Å². The fourth-order valence-corrected chi connectivity index (χ4v) is 2.08. The van der Waals surface area contributed by atoms with Crippen LogP contribution in [-0.2, 0) is 14.3 Å². The van der Waals surface area contributed by atoms with E-state index in [2.05, 4.69) is 10.6 Å². The van der Waals surface area contributed by atoms with Crippen molar-refractivity contribution in [2.24, 2.45) is 11.7 Å². The summed E-state index contributed by atoms with van der Waals surface area (Å²) in [5.41, 5.74) is 5.80. The van der Waals surface area contributed by atoms with Gasteiger partial charge in [0, 0.05) is 11.1 Å². The molecule has 0 aliphatic heterocycles. The highest BCUT2D eigenvalue weighted by Gasteiger charge is 2.20. The molecular weight excluding hydrogens is 346 g/mol. The van der Waals surface area contributed by atoms with Gasteiger partial charge in [0.05, 0.1) is 12.5 Å². The summed E-state index contributed by atoms with van der Waals surface area (Å²) < 4.78 is 4.97. The number of hydrogen-bond acceptors (Lipinski definition) is 4. The van der Waals surface area contributed by atoms with Crippen LogP contribution in [0.15, 0.2) is 24.3 Å². The summed E-state index contributed by atoms with van der Waals surface area (Å²) in [5.74, 6) is -0.727. The van der Waals surface area contributed by atoms with Crippen LogP contribution in [0.3, 0.4) is 0 Å². The Hall–Kier alpha value is -2.28. The van der Waals surface area contributed by atoms with Gasteiger partial charge in [-0.3, -0.25) is 9.59 Å². The molecule has 0 aromatic heterocycles. The van der Waals surface area contributed by atoms with Gasteiger partial charge in [-0.05, 0) is 30.5 Å². The normalized spacial score (nSPS) is 13.0. The molecule has 0 aliphatic rings. The van der Waals surface area contributed by atoms with Crippen molar-refractivity contribution in [1.29, 1.82) is 0 Å². The number of nitrogens with one attached hydrogen (secondary N) is 2. The number of hydrogen-bond donors (Lipinski definition) is 3. The van der Waals surface area contributed by atoms with Crippen LogP contribution in [0.4, 0.5) is 4.79 Å². The average Bonchev–Trinajstić information content (AvgIpc) is 2.52. The topological polar surface area (TPSA) is 111 Å². The number of benzene rings is 1. The van der Waals surface area contributed by atoms with Crippen molar-refractivity contribution in [3.8, 4) is 0 Å². The average molecular weight is 370 g/mol. The van der Waals surface area contributed by atoms with Crippen LogP contribution in [0.25, 0.3) is 0 Å². The molecule has 0 bridgehead atoms. The molecule has 2 atom stereocenters. The van der Waals surface area contributed by atoms with Gasteiger partial charge < -0.3 is 21.1 Å². The second kappa shape index (κ2) is 9.88. The largest absolute Gasteiger partial charge is 0.456 e. The lowest BCUT2D eigenvalue weighted by molar-refractivity contribution is -0.149. The molecule has 0 radical (unpaired) electrons. The van der Waals surface area contributed by atoms with E-state index in [1.807, 2.05) is 20.8 Å². The minimum Gasteiger partial charge on any atom is -0.456 e. The van der Waals surface area contributed by atoms with E-state index < -0.39 is 18.0 Å². The maximum atomic E-state index is 12.0. The van der Waals surface area contributed by atoms with Crippen molar-refractivity contribution < 1.29 is 19.1 Å². The fraction of sp³-hybridized carbons (Fsp3) is 0.471. The lowest BCUT2D eigenvalue weighted by atomic mass is 10.0. The summed E-state index contributed by atoms with van der Waals surface area (Å²) in [6, 6.07) is 5.17. The van der Waals surface area contributed by atoms with Crippen LogP contribution < -0.4 is 16.4 Å². The van der Waals surface area contributed by atoms with Crippen LogP contribution >= 0.6 is 11.6 Å². The molecule has 1 aromatic rings. The van der Waals surface area contributed by atoms with E-state index in [4.69, 9.17) is 22.1 Å². The maximum Gasteiger partial charge on any atom is 0.312 e. The molecule has 138 valence electrons. The zero-order valence-corrected chi connectivity index (χ0v) is 15.3. The van der Waals surface area contributed by atoms with Crippen LogP contribution in [-0.4, -0.2) is 30.6 Å². The van der Waals surface area contributed by atoms with Gasteiger partial charge in [0.2, 0.25) is 0 Å². The fourth-order valence-electron chi connectivity index (χ4n) is 1.95. The van der Waals surface area contributed by atoms with Crippen molar-refractivity contribution in [1.82, 2.24) is 10.6 Å². The number of carbonyl (C=O) groups excluding carboxylic acids is 3. The maximum absolute atomic E-state index is 12.0. The molecule has 0 fully saturated rings. The Bertz CT molecular complexity index is 604. The van der Waals surface area contributed by atoms with Crippen molar-refractivity contribution in [2.45, 2.75) is 39.3 Å². The Morgan fingerprint density at radius 3 is 2.24 bits per heavy atom. The molecule has 0 saturated heterocycles. The molecule has 0 unspecified atom stereocenters. The summed E-state index contributed by atoms with van der Waals surface area (Å²) >= 11 is 5.83. The van der Waals surface area contributed by atoms with Gasteiger partial charge in [-0.15, -0.1) is 0 Å². The highest BCUT2D eigenvalue weighted by molar-refractivity contribution is 6.30. The summed E-state index contributed by atoms with van der Waals surface area (Å²) in [7, 11) is 0. The number of rotatable bonds is 8. The molecule has 4 N–H and O–H groups in total. The monoisotopic (exact) mass is 369 g/mol. The van der Waals surface area contributed by atoms with Crippen LogP contribution in [0.1, 0.15) is 38.8 Å². The molecule has 0 heterocycles. The lowest BCUT2D eigenvalue weighted by Crippen LogP contribution is -2.39. The minimum atomic E-state index is -0.767.